The molecule has 0 aromatic heterocycles. The molecule has 0 radical (unpaired) electrons. The fourth-order valence-electron chi connectivity index (χ4n) is 4.41. The molecule has 1 saturated carbocycles. The predicted molar refractivity (Wildman–Crippen MR) is 101 cm³/mol. The van der Waals surface area contributed by atoms with Crippen LogP contribution >= 0.6 is 0 Å². The average Bonchev–Trinajstić information content (AvgIpc) is 2.73. The van der Waals surface area contributed by atoms with E-state index in [1.807, 2.05) is 0 Å². The van der Waals surface area contributed by atoms with Crippen molar-refractivity contribution in [2.45, 2.75) is 44.6 Å². The van der Waals surface area contributed by atoms with Crippen LogP contribution in [0.5, 0.6) is 0 Å². The van der Waals surface area contributed by atoms with Gasteiger partial charge in [0.1, 0.15) is 11.6 Å². The Balaban J connectivity index is 1.59. The highest BCUT2D eigenvalue weighted by Crippen LogP contribution is 2.37. The maximum absolute atomic E-state index is 14.7. The summed E-state index contributed by atoms with van der Waals surface area (Å²) in [5.74, 6) is -0.827. The van der Waals surface area contributed by atoms with Gasteiger partial charge >= 0.3 is 6.18 Å². The Hall–Kier alpha value is -2.24. The fraction of sp³-hybridized carbons (Fsp3) is 0.478. The summed E-state index contributed by atoms with van der Waals surface area (Å²) in [4.78, 5) is 0. The zero-order chi connectivity index (χ0) is 22.2. The van der Waals surface area contributed by atoms with Gasteiger partial charge < -0.3 is 9.47 Å². The van der Waals surface area contributed by atoms with E-state index in [9.17, 15) is 26.3 Å². The molecule has 4 rings (SSSR count). The molecular formula is C23H20F6O2. The van der Waals surface area contributed by atoms with E-state index in [0.29, 0.717) is 19.1 Å². The van der Waals surface area contributed by atoms with E-state index >= 15 is 0 Å². The van der Waals surface area contributed by atoms with Crippen molar-refractivity contribution in [2.24, 2.45) is 11.8 Å². The van der Waals surface area contributed by atoms with Crippen molar-refractivity contribution in [3.05, 3.63) is 46.8 Å². The van der Waals surface area contributed by atoms with Crippen LogP contribution in [0.4, 0.5) is 26.3 Å². The lowest BCUT2D eigenvalue weighted by molar-refractivity contribution is -0.214. The van der Waals surface area contributed by atoms with Crippen LogP contribution < -0.4 is 0 Å². The monoisotopic (exact) mass is 442 g/mol. The molecule has 2 aliphatic rings. The van der Waals surface area contributed by atoms with E-state index in [4.69, 9.17) is 9.47 Å². The van der Waals surface area contributed by atoms with Gasteiger partial charge in [-0.25, -0.2) is 13.2 Å². The molecule has 1 aliphatic heterocycles. The van der Waals surface area contributed by atoms with E-state index in [1.165, 1.54) is 31.2 Å². The maximum atomic E-state index is 14.7. The fourth-order valence-corrected chi connectivity index (χ4v) is 4.41. The van der Waals surface area contributed by atoms with Gasteiger partial charge in [0.25, 0.3) is 0 Å². The van der Waals surface area contributed by atoms with Crippen LogP contribution in [0.25, 0.3) is 10.8 Å². The number of hydrogen-bond acceptors (Lipinski definition) is 2. The summed E-state index contributed by atoms with van der Waals surface area (Å²) in [5.41, 5.74) is -0.878. The summed E-state index contributed by atoms with van der Waals surface area (Å²) in [6, 6.07) is 3.08. The molecule has 1 saturated heterocycles. The lowest BCUT2D eigenvalue weighted by Crippen LogP contribution is -2.33. The molecule has 0 amide bonds. The lowest BCUT2D eigenvalue weighted by atomic mass is 9.80. The summed E-state index contributed by atoms with van der Waals surface area (Å²) >= 11 is 0. The molecule has 2 aromatic rings. The molecule has 8 heteroatoms. The van der Waals surface area contributed by atoms with Crippen molar-refractivity contribution < 1.29 is 35.8 Å². The third-order valence-electron chi connectivity index (χ3n) is 5.94. The average molecular weight is 442 g/mol. The summed E-state index contributed by atoms with van der Waals surface area (Å²) in [7, 11) is 0. The summed E-state index contributed by atoms with van der Waals surface area (Å²) in [5, 5.41) is -0.781. The third-order valence-corrected chi connectivity index (χ3v) is 5.94. The van der Waals surface area contributed by atoms with Gasteiger partial charge in [-0.05, 0) is 29.5 Å². The summed E-state index contributed by atoms with van der Waals surface area (Å²) < 4.78 is 91.9. The van der Waals surface area contributed by atoms with Crippen molar-refractivity contribution in [2.75, 3.05) is 13.2 Å². The molecule has 2 fully saturated rings. The van der Waals surface area contributed by atoms with Crippen LogP contribution in [-0.4, -0.2) is 19.4 Å². The Morgan fingerprint density at radius 2 is 1.52 bits per heavy atom. The highest BCUT2D eigenvalue weighted by Gasteiger charge is 2.31. The topological polar surface area (TPSA) is 18.5 Å². The Kier molecular flexibility index (Phi) is 6.18. The van der Waals surface area contributed by atoms with Gasteiger partial charge in [0.15, 0.2) is 12.1 Å². The minimum absolute atomic E-state index is 0.149. The molecule has 2 nitrogen and oxygen atoms in total. The van der Waals surface area contributed by atoms with Crippen LogP contribution in [0.15, 0.2) is 18.2 Å². The van der Waals surface area contributed by atoms with Crippen LogP contribution in [0.3, 0.4) is 0 Å². The van der Waals surface area contributed by atoms with Crippen LogP contribution in [0.2, 0.25) is 0 Å². The number of alkyl halides is 3. The van der Waals surface area contributed by atoms with Gasteiger partial charge in [0.05, 0.1) is 24.2 Å². The molecule has 1 aliphatic carbocycles. The first-order chi connectivity index (χ1) is 14.7. The lowest BCUT2D eigenvalue weighted by Gasteiger charge is -2.36. The molecule has 1 heterocycles. The number of benzene rings is 2. The second kappa shape index (κ2) is 8.71. The van der Waals surface area contributed by atoms with Crippen molar-refractivity contribution in [3.8, 4) is 11.8 Å². The first-order valence-electron chi connectivity index (χ1n) is 10.2. The predicted octanol–water partition coefficient (Wildman–Crippen LogP) is 6.41. The van der Waals surface area contributed by atoms with Crippen molar-refractivity contribution in [1.29, 1.82) is 0 Å². The number of rotatable bonds is 2. The van der Waals surface area contributed by atoms with Crippen molar-refractivity contribution >= 4 is 10.8 Å². The SMILES string of the molecule is Fc1cc2cc(C3OCC(C4CCCCC4)CO3)cc(F)c2c(F)c1C#CC(F)(F)F. The summed E-state index contributed by atoms with van der Waals surface area (Å²) in [6.07, 6.45) is 0.0618. The van der Waals surface area contributed by atoms with Crippen LogP contribution in [0, 0.1) is 41.1 Å². The first-order valence-corrected chi connectivity index (χ1v) is 10.2. The normalized spacial score (nSPS) is 22.9. The van der Waals surface area contributed by atoms with E-state index in [1.54, 1.807) is 0 Å². The van der Waals surface area contributed by atoms with Gasteiger partial charge in [-0.2, -0.15) is 13.2 Å². The second-order valence-electron chi connectivity index (χ2n) is 8.05. The Bertz CT molecular complexity index is 1020. The van der Waals surface area contributed by atoms with Gasteiger partial charge in [0, 0.05) is 17.4 Å². The first kappa shape index (κ1) is 22.0. The van der Waals surface area contributed by atoms with Crippen LogP contribution in [-0.2, 0) is 9.47 Å². The van der Waals surface area contributed by atoms with E-state index in [-0.39, 0.29) is 16.9 Å². The quantitative estimate of drug-likeness (QED) is 0.395. The molecule has 0 bridgehead atoms. The minimum Gasteiger partial charge on any atom is -0.348 e. The largest absolute Gasteiger partial charge is 0.458 e. The van der Waals surface area contributed by atoms with Crippen molar-refractivity contribution in [1.82, 2.24) is 0 Å². The smallest absolute Gasteiger partial charge is 0.348 e. The molecule has 31 heavy (non-hydrogen) atoms. The Labute approximate surface area is 175 Å². The second-order valence-corrected chi connectivity index (χ2v) is 8.05. The highest BCUT2D eigenvalue weighted by atomic mass is 19.4. The zero-order valence-corrected chi connectivity index (χ0v) is 16.5. The number of ether oxygens (including phenoxy) is 2. The van der Waals surface area contributed by atoms with Crippen LogP contribution in [0.1, 0.15) is 49.5 Å². The molecule has 0 unspecified atom stereocenters. The molecule has 0 spiro atoms. The molecule has 166 valence electrons. The maximum Gasteiger partial charge on any atom is 0.458 e. The van der Waals surface area contributed by atoms with E-state index < -0.39 is 40.9 Å². The van der Waals surface area contributed by atoms with E-state index in [2.05, 4.69) is 0 Å². The molecule has 0 atom stereocenters. The van der Waals surface area contributed by atoms with Gasteiger partial charge in [-0.1, -0.05) is 38.0 Å². The molecule has 0 N–H and O–H groups in total. The Morgan fingerprint density at radius 3 is 2.16 bits per heavy atom. The third kappa shape index (κ3) is 4.83. The molecule has 2 aromatic carbocycles. The van der Waals surface area contributed by atoms with E-state index in [0.717, 1.165) is 30.9 Å². The number of hydrogen-bond donors (Lipinski definition) is 0. The summed E-state index contributed by atoms with van der Waals surface area (Å²) in [6.45, 7) is 0.896. The minimum atomic E-state index is -4.93. The highest BCUT2D eigenvalue weighted by molar-refractivity contribution is 5.86. The zero-order valence-electron chi connectivity index (χ0n) is 16.5. The van der Waals surface area contributed by atoms with Gasteiger partial charge in [0.2, 0.25) is 0 Å². The van der Waals surface area contributed by atoms with Crippen molar-refractivity contribution in [3.63, 3.8) is 0 Å². The number of fused-ring (bicyclic) bond motifs is 1. The van der Waals surface area contributed by atoms with Gasteiger partial charge in [-0.15, -0.1) is 0 Å². The molecular weight excluding hydrogens is 422 g/mol. The Morgan fingerprint density at radius 1 is 0.839 bits per heavy atom. The standard InChI is InChI=1S/C23H20F6O2/c24-18-9-14-8-15(22-30-11-16(12-31-22)13-4-2-1-3-5-13)10-19(25)20(14)21(26)17(18)6-7-23(27,28)29/h8-10,13,16,22H,1-5,11-12H2. The number of halogens is 6. The van der Waals surface area contributed by atoms with Gasteiger partial charge in [-0.3, -0.25) is 0 Å².